The van der Waals surface area contributed by atoms with E-state index in [4.69, 9.17) is 9.47 Å². The lowest BCUT2D eigenvalue weighted by Gasteiger charge is -2.16. The molecule has 88 valence electrons. The van der Waals surface area contributed by atoms with Crippen molar-refractivity contribution in [3.8, 4) is 11.5 Å². The van der Waals surface area contributed by atoms with Crippen molar-refractivity contribution >= 4 is 28.9 Å². The van der Waals surface area contributed by atoms with Gasteiger partial charge >= 0.3 is 0 Å². The van der Waals surface area contributed by atoms with Gasteiger partial charge in [-0.15, -0.1) is 0 Å². The van der Waals surface area contributed by atoms with Gasteiger partial charge in [-0.05, 0) is 55.5 Å². The number of hydrogen-bond acceptors (Lipinski definition) is 3. The second kappa shape index (κ2) is 6.08. The summed E-state index contributed by atoms with van der Waals surface area (Å²) >= 11 is 2.15. The van der Waals surface area contributed by atoms with E-state index in [0.29, 0.717) is 23.7 Å². The molecule has 0 aliphatic carbocycles. The molecule has 16 heavy (non-hydrogen) atoms. The minimum absolute atomic E-state index is 0.0120. The second-order valence-electron chi connectivity index (χ2n) is 3.54. The molecule has 0 aliphatic heterocycles. The van der Waals surface area contributed by atoms with Crippen LogP contribution in [0.5, 0.6) is 11.5 Å². The zero-order chi connectivity index (χ0) is 12.1. The highest BCUT2D eigenvalue weighted by Crippen LogP contribution is 2.33. The minimum Gasteiger partial charge on any atom is -0.490 e. The summed E-state index contributed by atoms with van der Waals surface area (Å²) in [6.45, 7) is 6.29. The Labute approximate surface area is 109 Å². The summed E-state index contributed by atoms with van der Waals surface area (Å²) in [7, 11) is 0. The van der Waals surface area contributed by atoms with E-state index in [1.165, 1.54) is 0 Å². The van der Waals surface area contributed by atoms with Crippen LogP contribution in [0.15, 0.2) is 12.1 Å². The molecule has 1 aromatic rings. The van der Waals surface area contributed by atoms with Crippen LogP contribution < -0.4 is 9.47 Å². The van der Waals surface area contributed by atoms with E-state index in [-0.39, 0.29) is 6.10 Å². The molecule has 0 spiro atoms. The second-order valence-corrected chi connectivity index (χ2v) is 4.79. The molecule has 0 bridgehead atoms. The Balaban J connectivity index is 3.21. The largest absolute Gasteiger partial charge is 0.490 e. The van der Waals surface area contributed by atoms with Crippen LogP contribution in [0.4, 0.5) is 0 Å². The van der Waals surface area contributed by atoms with Gasteiger partial charge in [-0.2, -0.15) is 0 Å². The maximum Gasteiger partial charge on any atom is 0.172 e. The average Bonchev–Trinajstić information content (AvgIpc) is 2.21. The number of ether oxygens (including phenoxy) is 2. The van der Waals surface area contributed by atoms with Crippen LogP contribution in [0.25, 0.3) is 0 Å². The van der Waals surface area contributed by atoms with Gasteiger partial charge in [0.15, 0.2) is 17.8 Å². The molecule has 1 aromatic carbocycles. The van der Waals surface area contributed by atoms with Gasteiger partial charge in [-0.3, -0.25) is 4.79 Å². The van der Waals surface area contributed by atoms with Gasteiger partial charge < -0.3 is 9.47 Å². The lowest BCUT2D eigenvalue weighted by Crippen LogP contribution is -2.09. The molecule has 0 radical (unpaired) electrons. The fourth-order valence-electron chi connectivity index (χ4n) is 1.30. The lowest BCUT2D eigenvalue weighted by atomic mass is 10.2. The molecule has 0 aromatic heterocycles. The molecule has 0 aliphatic rings. The summed E-state index contributed by atoms with van der Waals surface area (Å²) in [5.41, 5.74) is 0.532. The SMILES string of the molecule is CCOc1cc(I)cc(C=O)c1OC(C)C. The molecule has 0 amide bonds. The number of carbonyl (C=O) groups is 1. The molecule has 0 saturated heterocycles. The molecule has 0 heterocycles. The molecule has 4 heteroatoms. The molecule has 3 nitrogen and oxygen atoms in total. The number of aldehydes is 1. The van der Waals surface area contributed by atoms with Crippen LogP contribution in [0, 0.1) is 3.57 Å². The molecule has 0 atom stereocenters. The van der Waals surface area contributed by atoms with E-state index in [9.17, 15) is 4.79 Å². The number of halogens is 1. The van der Waals surface area contributed by atoms with Gasteiger partial charge in [0, 0.05) is 3.57 Å². The monoisotopic (exact) mass is 334 g/mol. The lowest BCUT2D eigenvalue weighted by molar-refractivity contribution is 0.111. The van der Waals surface area contributed by atoms with Crippen LogP contribution in [0.2, 0.25) is 0 Å². The zero-order valence-electron chi connectivity index (χ0n) is 9.62. The minimum atomic E-state index is 0.0120. The van der Waals surface area contributed by atoms with Gasteiger partial charge in [-0.25, -0.2) is 0 Å². The van der Waals surface area contributed by atoms with Gasteiger partial charge in [0.25, 0.3) is 0 Å². The standard InChI is InChI=1S/C12H15IO3/c1-4-15-11-6-10(13)5-9(7-14)12(11)16-8(2)3/h5-8H,4H2,1-3H3. The van der Waals surface area contributed by atoms with E-state index < -0.39 is 0 Å². The Morgan fingerprint density at radius 1 is 1.44 bits per heavy atom. The van der Waals surface area contributed by atoms with E-state index in [0.717, 1.165) is 9.86 Å². The Morgan fingerprint density at radius 2 is 2.12 bits per heavy atom. The molecule has 0 unspecified atom stereocenters. The van der Waals surface area contributed by atoms with Crippen molar-refractivity contribution in [1.82, 2.24) is 0 Å². The quantitative estimate of drug-likeness (QED) is 0.612. The maximum atomic E-state index is 11.0. The predicted molar refractivity (Wildman–Crippen MR) is 71.5 cm³/mol. The molecule has 0 fully saturated rings. The topological polar surface area (TPSA) is 35.5 Å². The first-order valence-corrected chi connectivity index (χ1v) is 6.24. The summed E-state index contributed by atoms with van der Waals surface area (Å²) < 4.78 is 12.0. The van der Waals surface area contributed by atoms with Gasteiger partial charge in [0.1, 0.15) is 0 Å². The van der Waals surface area contributed by atoms with Crippen molar-refractivity contribution in [2.24, 2.45) is 0 Å². The maximum absolute atomic E-state index is 11.0. The van der Waals surface area contributed by atoms with Crippen molar-refractivity contribution in [1.29, 1.82) is 0 Å². The van der Waals surface area contributed by atoms with Crippen LogP contribution in [0.1, 0.15) is 31.1 Å². The molecule has 1 rings (SSSR count). The van der Waals surface area contributed by atoms with Crippen LogP contribution in [0.3, 0.4) is 0 Å². The third kappa shape index (κ3) is 3.37. The fourth-order valence-corrected chi connectivity index (χ4v) is 1.92. The van der Waals surface area contributed by atoms with E-state index in [1.807, 2.05) is 26.8 Å². The first-order chi connectivity index (χ1) is 7.58. The average molecular weight is 334 g/mol. The highest BCUT2D eigenvalue weighted by atomic mass is 127. The van der Waals surface area contributed by atoms with Crippen LogP contribution in [-0.4, -0.2) is 19.0 Å². The number of benzene rings is 1. The summed E-state index contributed by atoms with van der Waals surface area (Å²) in [5.74, 6) is 1.16. The molecular weight excluding hydrogens is 319 g/mol. The third-order valence-corrected chi connectivity index (χ3v) is 2.45. The van der Waals surface area contributed by atoms with Crippen molar-refractivity contribution in [3.63, 3.8) is 0 Å². The molecule has 0 N–H and O–H groups in total. The van der Waals surface area contributed by atoms with E-state index >= 15 is 0 Å². The zero-order valence-corrected chi connectivity index (χ0v) is 11.8. The Hall–Kier alpha value is -0.780. The van der Waals surface area contributed by atoms with Crippen molar-refractivity contribution in [2.45, 2.75) is 26.9 Å². The van der Waals surface area contributed by atoms with Crippen molar-refractivity contribution in [3.05, 3.63) is 21.3 Å². The Kier molecular flexibility index (Phi) is 5.05. The Morgan fingerprint density at radius 3 is 2.62 bits per heavy atom. The highest BCUT2D eigenvalue weighted by Gasteiger charge is 2.13. The number of carbonyl (C=O) groups excluding carboxylic acids is 1. The number of hydrogen-bond donors (Lipinski definition) is 0. The van der Waals surface area contributed by atoms with Crippen molar-refractivity contribution in [2.75, 3.05) is 6.61 Å². The summed E-state index contributed by atoms with van der Waals surface area (Å²) in [6, 6.07) is 3.66. The first-order valence-electron chi connectivity index (χ1n) is 5.16. The smallest absolute Gasteiger partial charge is 0.172 e. The normalized spacial score (nSPS) is 10.3. The summed E-state index contributed by atoms with van der Waals surface area (Å²) in [4.78, 5) is 11.0. The molecule has 0 saturated carbocycles. The third-order valence-electron chi connectivity index (χ3n) is 1.83. The van der Waals surface area contributed by atoms with Gasteiger partial charge in [0.2, 0.25) is 0 Å². The van der Waals surface area contributed by atoms with Crippen LogP contribution >= 0.6 is 22.6 Å². The first kappa shape index (κ1) is 13.3. The van der Waals surface area contributed by atoms with Crippen LogP contribution in [-0.2, 0) is 0 Å². The Bertz CT molecular complexity index is 375. The van der Waals surface area contributed by atoms with Gasteiger partial charge in [-0.1, -0.05) is 0 Å². The van der Waals surface area contributed by atoms with Gasteiger partial charge in [0.05, 0.1) is 18.3 Å². The highest BCUT2D eigenvalue weighted by molar-refractivity contribution is 14.1. The fraction of sp³-hybridized carbons (Fsp3) is 0.417. The summed E-state index contributed by atoms with van der Waals surface area (Å²) in [5, 5.41) is 0. The molecular formula is C12H15IO3. The number of rotatable bonds is 5. The van der Waals surface area contributed by atoms with Crippen molar-refractivity contribution < 1.29 is 14.3 Å². The van der Waals surface area contributed by atoms with E-state index in [1.54, 1.807) is 6.07 Å². The van der Waals surface area contributed by atoms with E-state index in [2.05, 4.69) is 22.6 Å². The summed E-state index contributed by atoms with van der Waals surface area (Å²) in [6.07, 6.45) is 0.806. The predicted octanol–water partition coefficient (Wildman–Crippen LogP) is 3.29.